The van der Waals surface area contributed by atoms with E-state index in [-0.39, 0.29) is 29.9 Å². The van der Waals surface area contributed by atoms with E-state index in [1.165, 1.54) is 12.1 Å². The maximum Gasteiger partial charge on any atom is 0.293 e. The number of hydrogen-bond donors (Lipinski definition) is 3. The van der Waals surface area contributed by atoms with Crippen LogP contribution in [0.15, 0.2) is 24.3 Å². The first-order chi connectivity index (χ1) is 11.2. The number of nitrogens with two attached hydrogens (primary N) is 1. The van der Waals surface area contributed by atoms with Crippen molar-refractivity contribution in [3.63, 3.8) is 0 Å². The van der Waals surface area contributed by atoms with Crippen molar-refractivity contribution < 1.29 is 23.8 Å². The lowest BCUT2D eigenvalue weighted by Gasteiger charge is -2.22. The van der Waals surface area contributed by atoms with Gasteiger partial charge in [0, 0.05) is 6.61 Å². The standard InChI is InChI=1S/C12H17FN2O2.C5H10O2/c1-8(6-7-16)11(12(17)15-14)9-2-4-10(13)5-3-9;1-5(2,3)7-4-6/h2-5,8,11,16H,6-7,14H2,1H3,(H,15,17);4H,1-3H3. The van der Waals surface area contributed by atoms with Crippen LogP contribution in [0.1, 0.15) is 45.6 Å². The average molecular weight is 342 g/mol. The van der Waals surface area contributed by atoms with Gasteiger partial charge in [-0.3, -0.25) is 15.0 Å². The van der Waals surface area contributed by atoms with Crippen molar-refractivity contribution in [2.24, 2.45) is 11.8 Å². The maximum atomic E-state index is 12.8. The predicted octanol–water partition coefficient (Wildman–Crippen LogP) is 1.88. The highest BCUT2D eigenvalue weighted by molar-refractivity contribution is 5.83. The normalized spacial score (nSPS) is 13.1. The molecule has 0 aliphatic heterocycles. The van der Waals surface area contributed by atoms with Crippen LogP contribution in [0.25, 0.3) is 0 Å². The van der Waals surface area contributed by atoms with E-state index in [9.17, 15) is 14.0 Å². The van der Waals surface area contributed by atoms with E-state index in [2.05, 4.69) is 10.2 Å². The summed E-state index contributed by atoms with van der Waals surface area (Å²) in [5, 5.41) is 8.91. The summed E-state index contributed by atoms with van der Waals surface area (Å²) in [5.74, 6) is 3.90. The van der Waals surface area contributed by atoms with Crippen molar-refractivity contribution in [1.29, 1.82) is 0 Å². The van der Waals surface area contributed by atoms with Gasteiger partial charge in [-0.2, -0.15) is 0 Å². The van der Waals surface area contributed by atoms with Gasteiger partial charge < -0.3 is 9.84 Å². The van der Waals surface area contributed by atoms with Gasteiger partial charge in [0.2, 0.25) is 5.91 Å². The number of hydrogen-bond acceptors (Lipinski definition) is 5. The monoisotopic (exact) mass is 342 g/mol. The predicted molar refractivity (Wildman–Crippen MR) is 89.2 cm³/mol. The summed E-state index contributed by atoms with van der Waals surface area (Å²) in [7, 11) is 0. The second-order valence-corrected chi connectivity index (χ2v) is 6.35. The van der Waals surface area contributed by atoms with Crippen molar-refractivity contribution >= 4 is 12.4 Å². The van der Waals surface area contributed by atoms with E-state index in [1.807, 2.05) is 27.7 Å². The molecule has 6 nitrogen and oxygen atoms in total. The van der Waals surface area contributed by atoms with E-state index in [0.717, 1.165) is 0 Å². The van der Waals surface area contributed by atoms with E-state index >= 15 is 0 Å². The molecule has 0 fully saturated rings. The number of halogens is 1. The molecule has 2 unspecified atom stereocenters. The lowest BCUT2D eigenvalue weighted by molar-refractivity contribution is -0.138. The lowest BCUT2D eigenvalue weighted by Crippen LogP contribution is -2.37. The van der Waals surface area contributed by atoms with Crippen LogP contribution in [-0.2, 0) is 14.3 Å². The number of benzene rings is 1. The van der Waals surface area contributed by atoms with Gasteiger partial charge in [-0.05, 0) is 50.8 Å². The highest BCUT2D eigenvalue weighted by Crippen LogP contribution is 2.27. The van der Waals surface area contributed by atoms with Gasteiger partial charge in [0.15, 0.2) is 0 Å². The van der Waals surface area contributed by atoms with Gasteiger partial charge in [-0.15, -0.1) is 0 Å². The Kier molecular flexibility index (Phi) is 9.83. The topological polar surface area (TPSA) is 102 Å². The fourth-order valence-electron chi connectivity index (χ4n) is 2.01. The number of carbonyl (C=O) groups excluding carboxylic acids is 2. The molecule has 24 heavy (non-hydrogen) atoms. The van der Waals surface area contributed by atoms with Crippen LogP contribution in [0, 0.1) is 11.7 Å². The maximum absolute atomic E-state index is 12.8. The van der Waals surface area contributed by atoms with Crippen molar-refractivity contribution in [3.05, 3.63) is 35.6 Å². The molecule has 1 aromatic carbocycles. The van der Waals surface area contributed by atoms with Gasteiger partial charge in [-0.1, -0.05) is 19.1 Å². The number of amides is 1. The summed E-state index contributed by atoms with van der Waals surface area (Å²) in [6.45, 7) is 7.76. The Bertz CT molecular complexity index is 500. The molecular weight excluding hydrogens is 315 g/mol. The molecule has 2 atom stereocenters. The number of hydrazine groups is 1. The second kappa shape index (κ2) is 10.7. The molecule has 0 heterocycles. The Morgan fingerprint density at radius 3 is 2.25 bits per heavy atom. The zero-order chi connectivity index (χ0) is 18.8. The largest absolute Gasteiger partial charge is 0.462 e. The molecule has 0 saturated carbocycles. The zero-order valence-corrected chi connectivity index (χ0v) is 14.6. The summed E-state index contributed by atoms with van der Waals surface area (Å²) in [4.78, 5) is 21.3. The van der Waals surface area contributed by atoms with Crippen molar-refractivity contribution in [3.8, 4) is 0 Å². The number of rotatable bonds is 6. The molecule has 0 radical (unpaired) electrons. The van der Waals surface area contributed by atoms with E-state index < -0.39 is 5.92 Å². The highest BCUT2D eigenvalue weighted by atomic mass is 19.1. The van der Waals surface area contributed by atoms with Gasteiger partial charge >= 0.3 is 0 Å². The third kappa shape index (κ3) is 8.59. The smallest absolute Gasteiger partial charge is 0.293 e. The molecule has 0 bridgehead atoms. The Balaban J connectivity index is 0.000000640. The second-order valence-electron chi connectivity index (χ2n) is 6.35. The molecule has 1 rings (SSSR count). The SMILES string of the molecule is CC(C)(C)OC=O.CC(CCO)C(C(=O)NN)c1ccc(F)cc1. The Morgan fingerprint density at radius 1 is 1.38 bits per heavy atom. The highest BCUT2D eigenvalue weighted by Gasteiger charge is 2.25. The van der Waals surface area contributed by atoms with Crippen molar-refractivity contribution in [2.75, 3.05) is 6.61 Å². The average Bonchev–Trinajstić information content (AvgIpc) is 2.49. The molecule has 4 N–H and O–H groups in total. The summed E-state index contributed by atoms with van der Waals surface area (Å²) in [6, 6.07) is 5.72. The summed E-state index contributed by atoms with van der Waals surface area (Å²) in [6.07, 6.45) is 0.482. The van der Waals surface area contributed by atoms with Crippen LogP contribution in [0.4, 0.5) is 4.39 Å². The Morgan fingerprint density at radius 2 is 1.92 bits per heavy atom. The minimum atomic E-state index is -0.479. The minimum Gasteiger partial charge on any atom is -0.462 e. The molecule has 0 spiro atoms. The minimum absolute atomic E-state index is 0.00326. The third-order valence-corrected chi connectivity index (χ3v) is 3.21. The molecule has 1 amide bonds. The third-order valence-electron chi connectivity index (χ3n) is 3.21. The first-order valence-corrected chi connectivity index (χ1v) is 7.64. The number of ether oxygens (including phenoxy) is 1. The molecule has 136 valence electrons. The van der Waals surface area contributed by atoms with Crippen LogP contribution in [-0.4, -0.2) is 29.7 Å². The quantitative estimate of drug-likeness (QED) is 0.317. The number of carbonyl (C=O) groups is 2. The molecule has 0 saturated heterocycles. The van der Waals surface area contributed by atoms with E-state index in [1.54, 1.807) is 12.1 Å². The van der Waals surface area contributed by atoms with Crippen molar-refractivity contribution in [1.82, 2.24) is 5.43 Å². The molecular formula is C17H27FN2O4. The summed E-state index contributed by atoms with van der Waals surface area (Å²) < 4.78 is 17.4. The summed E-state index contributed by atoms with van der Waals surface area (Å²) >= 11 is 0. The first kappa shape index (κ1) is 22.0. The molecule has 0 aliphatic carbocycles. The number of aliphatic hydroxyl groups excluding tert-OH is 1. The fraction of sp³-hybridized carbons (Fsp3) is 0.529. The van der Waals surface area contributed by atoms with Gasteiger partial charge in [-0.25, -0.2) is 10.2 Å². The lowest BCUT2D eigenvalue weighted by atomic mass is 9.85. The number of aliphatic hydroxyl groups is 1. The first-order valence-electron chi connectivity index (χ1n) is 7.64. The fourth-order valence-corrected chi connectivity index (χ4v) is 2.01. The van der Waals surface area contributed by atoms with Crippen LogP contribution in [0.3, 0.4) is 0 Å². The van der Waals surface area contributed by atoms with Gasteiger partial charge in [0.25, 0.3) is 6.47 Å². The van der Waals surface area contributed by atoms with Crippen LogP contribution in [0.2, 0.25) is 0 Å². The number of nitrogens with one attached hydrogen (secondary N) is 1. The summed E-state index contributed by atoms with van der Waals surface area (Å²) in [5.41, 5.74) is 2.48. The van der Waals surface area contributed by atoms with Crippen LogP contribution >= 0.6 is 0 Å². The molecule has 1 aromatic rings. The molecule has 0 aliphatic rings. The Labute approximate surface area is 142 Å². The van der Waals surface area contributed by atoms with Crippen molar-refractivity contribution in [2.45, 2.75) is 45.6 Å². The van der Waals surface area contributed by atoms with E-state index in [0.29, 0.717) is 18.5 Å². The van der Waals surface area contributed by atoms with Gasteiger partial charge in [0.1, 0.15) is 11.4 Å². The zero-order valence-electron chi connectivity index (χ0n) is 14.6. The van der Waals surface area contributed by atoms with E-state index in [4.69, 9.17) is 10.9 Å². The molecule has 0 aromatic heterocycles. The van der Waals surface area contributed by atoms with Crippen LogP contribution in [0.5, 0.6) is 0 Å². The van der Waals surface area contributed by atoms with Gasteiger partial charge in [0.05, 0.1) is 5.92 Å². The van der Waals surface area contributed by atoms with Crippen LogP contribution < -0.4 is 11.3 Å². The Hall–Kier alpha value is -1.99. The molecule has 7 heteroatoms.